The summed E-state index contributed by atoms with van der Waals surface area (Å²) < 4.78 is 1.06. The SMILES string of the molecule is Brc1ccc2cnc(CC3CCCN3)nc2c1. The van der Waals surface area contributed by atoms with Crippen molar-refractivity contribution in [1.29, 1.82) is 0 Å². The van der Waals surface area contributed by atoms with E-state index in [1.165, 1.54) is 12.8 Å². The highest BCUT2D eigenvalue weighted by molar-refractivity contribution is 9.10. The van der Waals surface area contributed by atoms with E-state index in [-0.39, 0.29) is 0 Å². The number of nitrogens with zero attached hydrogens (tertiary/aromatic N) is 2. The molecular weight excluding hydrogens is 278 g/mol. The number of fused-ring (bicyclic) bond motifs is 1. The van der Waals surface area contributed by atoms with Crippen LogP contribution in [-0.4, -0.2) is 22.6 Å². The first-order valence-electron chi connectivity index (χ1n) is 5.96. The normalized spacial score (nSPS) is 19.9. The number of hydrogen-bond donors (Lipinski definition) is 1. The van der Waals surface area contributed by atoms with E-state index < -0.39 is 0 Å². The summed E-state index contributed by atoms with van der Waals surface area (Å²) >= 11 is 3.47. The second kappa shape index (κ2) is 4.70. The molecule has 0 saturated carbocycles. The quantitative estimate of drug-likeness (QED) is 0.924. The molecule has 1 aromatic heterocycles. The molecule has 0 spiro atoms. The van der Waals surface area contributed by atoms with Crippen LogP contribution in [0.4, 0.5) is 0 Å². The van der Waals surface area contributed by atoms with Crippen LogP contribution in [0.25, 0.3) is 10.9 Å². The average molecular weight is 292 g/mol. The van der Waals surface area contributed by atoms with Crippen molar-refractivity contribution in [1.82, 2.24) is 15.3 Å². The molecule has 17 heavy (non-hydrogen) atoms. The molecule has 4 heteroatoms. The number of rotatable bonds is 2. The fraction of sp³-hybridized carbons (Fsp3) is 0.385. The summed E-state index contributed by atoms with van der Waals surface area (Å²) in [6.07, 6.45) is 5.35. The Morgan fingerprint density at radius 1 is 1.41 bits per heavy atom. The van der Waals surface area contributed by atoms with E-state index in [1.54, 1.807) is 0 Å². The lowest BCUT2D eigenvalue weighted by molar-refractivity contribution is 0.586. The third kappa shape index (κ3) is 2.48. The van der Waals surface area contributed by atoms with Gasteiger partial charge in [0.1, 0.15) is 5.82 Å². The van der Waals surface area contributed by atoms with Crippen LogP contribution in [-0.2, 0) is 6.42 Å². The van der Waals surface area contributed by atoms with Crippen molar-refractivity contribution in [2.75, 3.05) is 6.54 Å². The minimum atomic E-state index is 0.555. The molecule has 2 aromatic rings. The molecule has 1 atom stereocenters. The third-order valence-corrected chi connectivity index (χ3v) is 3.68. The number of halogens is 1. The highest BCUT2D eigenvalue weighted by Crippen LogP contribution is 2.18. The summed E-state index contributed by atoms with van der Waals surface area (Å²) in [6, 6.07) is 6.66. The molecule has 1 aromatic carbocycles. The van der Waals surface area contributed by atoms with E-state index in [0.717, 1.165) is 34.2 Å². The molecule has 1 aliphatic heterocycles. The smallest absolute Gasteiger partial charge is 0.130 e. The Morgan fingerprint density at radius 2 is 2.35 bits per heavy atom. The van der Waals surface area contributed by atoms with Crippen LogP contribution in [0.1, 0.15) is 18.7 Å². The van der Waals surface area contributed by atoms with Crippen molar-refractivity contribution < 1.29 is 0 Å². The molecule has 88 valence electrons. The number of aromatic nitrogens is 2. The van der Waals surface area contributed by atoms with E-state index in [4.69, 9.17) is 0 Å². The van der Waals surface area contributed by atoms with Gasteiger partial charge in [0, 0.05) is 28.5 Å². The Balaban J connectivity index is 1.89. The van der Waals surface area contributed by atoms with Gasteiger partial charge >= 0.3 is 0 Å². The first-order valence-corrected chi connectivity index (χ1v) is 6.75. The van der Waals surface area contributed by atoms with Crippen molar-refractivity contribution in [3.63, 3.8) is 0 Å². The Bertz CT molecular complexity index is 535. The predicted octanol–water partition coefficient (Wildman–Crippen LogP) is 2.69. The predicted molar refractivity (Wildman–Crippen MR) is 72.0 cm³/mol. The van der Waals surface area contributed by atoms with E-state index >= 15 is 0 Å². The minimum Gasteiger partial charge on any atom is -0.314 e. The molecule has 0 aliphatic carbocycles. The molecule has 1 fully saturated rings. The van der Waals surface area contributed by atoms with Crippen molar-refractivity contribution in [3.05, 3.63) is 34.7 Å². The molecule has 3 rings (SSSR count). The minimum absolute atomic E-state index is 0.555. The van der Waals surface area contributed by atoms with Gasteiger partial charge in [-0.15, -0.1) is 0 Å². The fourth-order valence-electron chi connectivity index (χ4n) is 2.28. The summed E-state index contributed by atoms with van der Waals surface area (Å²) in [6.45, 7) is 1.13. The lowest BCUT2D eigenvalue weighted by Gasteiger charge is -2.09. The zero-order chi connectivity index (χ0) is 11.7. The van der Waals surface area contributed by atoms with Crippen LogP contribution in [0.15, 0.2) is 28.9 Å². The van der Waals surface area contributed by atoms with Gasteiger partial charge in [-0.25, -0.2) is 9.97 Å². The second-order valence-electron chi connectivity index (χ2n) is 4.49. The lowest BCUT2D eigenvalue weighted by Crippen LogP contribution is -2.24. The maximum Gasteiger partial charge on any atom is 0.130 e. The van der Waals surface area contributed by atoms with Gasteiger partial charge in [-0.1, -0.05) is 22.0 Å². The molecule has 0 radical (unpaired) electrons. The molecule has 3 nitrogen and oxygen atoms in total. The topological polar surface area (TPSA) is 37.8 Å². The molecule has 0 amide bonds. The molecule has 0 bridgehead atoms. The third-order valence-electron chi connectivity index (χ3n) is 3.19. The van der Waals surface area contributed by atoms with E-state index in [2.05, 4.69) is 31.2 Å². The van der Waals surface area contributed by atoms with Crippen LogP contribution in [0, 0.1) is 0 Å². The highest BCUT2D eigenvalue weighted by Gasteiger charge is 2.15. The molecular formula is C13H14BrN3. The zero-order valence-corrected chi connectivity index (χ0v) is 11.1. The zero-order valence-electron chi connectivity index (χ0n) is 9.49. The van der Waals surface area contributed by atoms with Crippen LogP contribution in [0.3, 0.4) is 0 Å². The van der Waals surface area contributed by atoms with Crippen molar-refractivity contribution in [3.8, 4) is 0 Å². The van der Waals surface area contributed by atoms with E-state index in [0.29, 0.717) is 6.04 Å². The maximum absolute atomic E-state index is 4.62. The van der Waals surface area contributed by atoms with E-state index in [1.807, 2.05) is 24.4 Å². The Kier molecular flexibility index (Phi) is 3.07. The molecule has 1 aliphatic rings. The van der Waals surface area contributed by atoms with Gasteiger partial charge in [-0.2, -0.15) is 0 Å². The largest absolute Gasteiger partial charge is 0.314 e. The highest BCUT2D eigenvalue weighted by atomic mass is 79.9. The first kappa shape index (κ1) is 11.1. The summed E-state index contributed by atoms with van der Waals surface area (Å²) in [5.74, 6) is 0.940. The lowest BCUT2D eigenvalue weighted by atomic mass is 10.1. The van der Waals surface area contributed by atoms with Crippen LogP contribution < -0.4 is 5.32 Å². The monoisotopic (exact) mass is 291 g/mol. The first-order chi connectivity index (χ1) is 8.31. The van der Waals surface area contributed by atoms with Gasteiger partial charge < -0.3 is 5.32 Å². The fourth-order valence-corrected chi connectivity index (χ4v) is 2.63. The van der Waals surface area contributed by atoms with Gasteiger partial charge in [-0.05, 0) is 31.5 Å². The molecule has 1 N–H and O–H groups in total. The van der Waals surface area contributed by atoms with Gasteiger partial charge in [0.05, 0.1) is 5.52 Å². The number of benzene rings is 1. The van der Waals surface area contributed by atoms with Crippen LogP contribution in [0.5, 0.6) is 0 Å². The summed E-state index contributed by atoms with van der Waals surface area (Å²) in [7, 11) is 0. The van der Waals surface area contributed by atoms with Crippen LogP contribution in [0.2, 0.25) is 0 Å². The maximum atomic E-state index is 4.62. The van der Waals surface area contributed by atoms with Crippen molar-refractivity contribution in [2.45, 2.75) is 25.3 Å². The Morgan fingerprint density at radius 3 is 3.18 bits per heavy atom. The summed E-state index contributed by atoms with van der Waals surface area (Å²) in [4.78, 5) is 9.05. The van der Waals surface area contributed by atoms with Gasteiger partial charge in [0.25, 0.3) is 0 Å². The number of nitrogens with one attached hydrogen (secondary N) is 1. The summed E-state index contributed by atoms with van der Waals surface area (Å²) in [5, 5.41) is 4.57. The number of hydrogen-bond acceptors (Lipinski definition) is 3. The van der Waals surface area contributed by atoms with Gasteiger partial charge in [-0.3, -0.25) is 0 Å². The molecule has 1 saturated heterocycles. The Hall–Kier alpha value is -1.00. The van der Waals surface area contributed by atoms with Gasteiger partial charge in [0.15, 0.2) is 0 Å². The standard InChI is InChI=1S/C13H14BrN3/c14-10-4-3-9-8-16-13(17-12(9)6-10)7-11-2-1-5-15-11/h3-4,6,8,11,15H,1-2,5,7H2. The summed E-state index contributed by atoms with van der Waals surface area (Å²) in [5.41, 5.74) is 1.02. The molecule has 1 unspecified atom stereocenters. The van der Waals surface area contributed by atoms with Gasteiger partial charge in [0.2, 0.25) is 0 Å². The molecule has 2 heterocycles. The second-order valence-corrected chi connectivity index (χ2v) is 5.40. The van der Waals surface area contributed by atoms with E-state index in [9.17, 15) is 0 Å². The van der Waals surface area contributed by atoms with Crippen molar-refractivity contribution >= 4 is 26.8 Å². The Labute approximate surface area is 109 Å². The van der Waals surface area contributed by atoms with Crippen molar-refractivity contribution in [2.24, 2.45) is 0 Å². The average Bonchev–Trinajstić information content (AvgIpc) is 2.81. The van der Waals surface area contributed by atoms with Crippen LogP contribution >= 0.6 is 15.9 Å².